The Kier molecular flexibility index (Phi) is 2.86. The largest absolute Gasteiger partial charge is 0.449 e. The number of carbonyl (C=O) groups excluding carboxylic acids is 1. The molecule has 0 saturated carbocycles. The van der Waals surface area contributed by atoms with E-state index in [1.165, 1.54) is 4.90 Å². The van der Waals surface area contributed by atoms with Crippen molar-refractivity contribution < 1.29 is 9.53 Å². The van der Waals surface area contributed by atoms with Crippen LogP contribution < -0.4 is 0 Å². The first-order chi connectivity index (χ1) is 5.66. The summed E-state index contributed by atoms with van der Waals surface area (Å²) in [6.07, 6.45) is 3.06. The highest BCUT2D eigenvalue weighted by atomic mass is 32.1. The molecule has 0 aliphatic carbocycles. The van der Waals surface area contributed by atoms with E-state index in [2.05, 4.69) is 12.6 Å². The van der Waals surface area contributed by atoms with E-state index in [1.807, 2.05) is 7.05 Å². The number of amides is 1. The van der Waals surface area contributed by atoms with E-state index < -0.39 is 0 Å². The molecular formula is C7H12N2O2S. The molecule has 5 heteroatoms. The highest BCUT2D eigenvalue weighted by molar-refractivity contribution is 7.80. The van der Waals surface area contributed by atoms with Gasteiger partial charge in [0.1, 0.15) is 0 Å². The molecule has 0 bridgehead atoms. The molecule has 1 unspecified atom stereocenters. The predicted molar refractivity (Wildman–Crippen MR) is 48.5 cm³/mol. The molecule has 0 aromatic rings. The summed E-state index contributed by atoms with van der Waals surface area (Å²) in [7, 11) is 1.84. The second-order valence-electron chi connectivity index (χ2n) is 2.42. The Bertz CT molecular complexity index is 208. The predicted octanol–water partition coefficient (Wildman–Crippen LogP) is 1.07. The van der Waals surface area contributed by atoms with E-state index >= 15 is 0 Å². The van der Waals surface area contributed by atoms with E-state index in [1.54, 1.807) is 24.2 Å². The van der Waals surface area contributed by atoms with Crippen LogP contribution in [0.1, 0.15) is 6.92 Å². The van der Waals surface area contributed by atoms with Gasteiger partial charge in [-0.2, -0.15) is 0 Å². The highest BCUT2D eigenvalue weighted by Crippen LogP contribution is 2.17. The maximum atomic E-state index is 11.2. The zero-order valence-electron chi connectivity index (χ0n) is 7.10. The molecule has 1 aliphatic rings. The number of rotatable bonds is 1. The fourth-order valence-electron chi connectivity index (χ4n) is 0.880. The first kappa shape index (κ1) is 9.25. The normalized spacial score (nSPS) is 21.8. The molecule has 0 radical (unpaired) electrons. The van der Waals surface area contributed by atoms with Crippen LogP contribution >= 0.6 is 12.6 Å². The Hall–Kier alpha value is -0.840. The van der Waals surface area contributed by atoms with Gasteiger partial charge in [-0.15, -0.1) is 12.6 Å². The molecule has 0 fully saturated rings. The van der Waals surface area contributed by atoms with Crippen molar-refractivity contribution >= 4 is 18.7 Å². The van der Waals surface area contributed by atoms with Gasteiger partial charge in [0.25, 0.3) is 0 Å². The lowest BCUT2D eigenvalue weighted by Gasteiger charge is -2.23. The first-order valence-electron chi connectivity index (χ1n) is 3.70. The lowest BCUT2D eigenvalue weighted by atomic mass is 10.8. The lowest BCUT2D eigenvalue weighted by molar-refractivity contribution is 0.112. The molecule has 0 aromatic carbocycles. The topological polar surface area (TPSA) is 32.8 Å². The molecule has 68 valence electrons. The van der Waals surface area contributed by atoms with Crippen molar-refractivity contribution in [3.05, 3.63) is 12.4 Å². The molecule has 1 atom stereocenters. The van der Waals surface area contributed by atoms with Crippen molar-refractivity contribution in [3.63, 3.8) is 0 Å². The highest BCUT2D eigenvalue weighted by Gasteiger charge is 2.26. The molecule has 1 heterocycles. The number of ether oxygens (including phenoxy) is 1. The summed E-state index contributed by atoms with van der Waals surface area (Å²) in [6, 6.07) is 0. The molecular weight excluding hydrogens is 176 g/mol. The number of nitrogens with zero attached hydrogens (tertiary/aromatic N) is 2. The Labute approximate surface area is 77.2 Å². The smallest absolute Gasteiger partial charge is 0.416 e. The van der Waals surface area contributed by atoms with Gasteiger partial charge in [0.05, 0.1) is 6.61 Å². The zero-order valence-corrected chi connectivity index (χ0v) is 7.99. The molecule has 0 saturated heterocycles. The van der Waals surface area contributed by atoms with Crippen molar-refractivity contribution in [3.8, 4) is 0 Å². The average Bonchev–Trinajstić information content (AvgIpc) is 2.34. The fourth-order valence-corrected chi connectivity index (χ4v) is 1.13. The lowest BCUT2D eigenvalue weighted by Crippen LogP contribution is -2.36. The molecule has 0 N–H and O–H groups in total. The Balaban J connectivity index is 2.54. The van der Waals surface area contributed by atoms with Gasteiger partial charge in [0, 0.05) is 19.4 Å². The summed E-state index contributed by atoms with van der Waals surface area (Å²) in [6.45, 7) is 2.16. The van der Waals surface area contributed by atoms with Crippen LogP contribution in [0.5, 0.6) is 0 Å². The minimum absolute atomic E-state index is 0.246. The maximum Gasteiger partial charge on any atom is 0.416 e. The van der Waals surface area contributed by atoms with E-state index in [0.717, 1.165) is 0 Å². The SMILES string of the molecule is CCOC(=O)N1C=CN(C)C1S. The summed E-state index contributed by atoms with van der Waals surface area (Å²) in [4.78, 5) is 14.4. The fraction of sp³-hybridized carbons (Fsp3) is 0.571. The van der Waals surface area contributed by atoms with E-state index in [4.69, 9.17) is 4.74 Å². The van der Waals surface area contributed by atoms with Crippen LogP contribution in [0.25, 0.3) is 0 Å². The summed E-state index contributed by atoms with van der Waals surface area (Å²) >= 11 is 4.20. The second-order valence-corrected chi connectivity index (χ2v) is 2.88. The van der Waals surface area contributed by atoms with Crippen LogP contribution in [-0.2, 0) is 4.74 Å². The molecule has 12 heavy (non-hydrogen) atoms. The number of thiol groups is 1. The van der Waals surface area contributed by atoms with Gasteiger partial charge in [-0.1, -0.05) is 0 Å². The van der Waals surface area contributed by atoms with Gasteiger partial charge in [-0.25, -0.2) is 4.79 Å². The third-order valence-electron chi connectivity index (χ3n) is 1.55. The van der Waals surface area contributed by atoms with Crippen LogP contribution in [-0.4, -0.2) is 35.0 Å². The van der Waals surface area contributed by atoms with Crippen LogP contribution in [0.15, 0.2) is 12.4 Å². The third-order valence-corrected chi connectivity index (χ3v) is 2.17. The first-order valence-corrected chi connectivity index (χ1v) is 4.22. The monoisotopic (exact) mass is 188 g/mol. The van der Waals surface area contributed by atoms with E-state index in [9.17, 15) is 4.79 Å². The molecule has 1 amide bonds. The van der Waals surface area contributed by atoms with Gasteiger partial charge >= 0.3 is 6.09 Å². The summed E-state index contributed by atoms with van der Waals surface area (Å²) in [5.74, 6) is 0. The number of hydrogen-bond acceptors (Lipinski definition) is 4. The molecule has 0 aromatic heterocycles. The van der Waals surface area contributed by atoms with Gasteiger partial charge in [0.2, 0.25) is 0 Å². The number of hydrogen-bond donors (Lipinski definition) is 1. The molecule has 1 aliphatic heterocycles. The van der Waals surface area contributed by atoms with Crippen molar-refractivity contribution in [2.75, 3.05) is 13.7 Å². The van der Waals surface area contributed by atoms with Crippen LogP contribution in [0.3, 0.4) is 0 Å². The van der Waals surface area contributed by atoms with Crippen molar-refractivity contribution in [2.24, 2.45) is 0 Å². The zero-order chi connectivity index (χ0) is 9.14. The van der Waals surface area contributed by atoms with Gasteiger partial charge in [-0.3, -0.25) is 4.90 Å². The summed E-state index contributed by atoms with van der Waals surface area (Å²) < 4.78 is 4.80. The van der Waals surface area contributed by atoms with Crippen molar-refractivity contribution in [1.82, 2.24) is 9.80 Å². The van der Waals surface area contributed by atoms with E-state index in [-0.39, 0.29) is 11.6 Å². The molecule has 4 nitrogen and oxygen atoms in total. The second kappa shape index (κ2) is 3.71. The van der Waals surface area contributed by atoms with Crippen molar-refractivity contribution in [1.29, 1.82) is 0 Å². The Morgan fingerprint density at radius 1 is 1.67 bits per heavy atom. The minimum atomic E-state index is -0.363. The Morgan fingerprint density at radius 3 is 2.75 bits per heavy atom. The van der Waals surface area contributed by atoms with Crippen LogP contribution in [0.4, 0.5) is 4.79 Å². The quantitative estimate of drug-likeness (QED) is 0.625. The van der Waals surface area contributed by atoms with Gasteiger partial charge in [-0.05, 0) is 6.92 Å². The standard InChI is InChI=1S/C7H12N2O2S/c1-3-11-7(10)9-5-4-8(2)6(9)12/h4-6,12H,3H2,1-2H3. The maximum absolute atomic E-state index is 11.2. The van der Waals surface area contributed by atoms with Crippen LogP contribution in [0.2, 0.25) is 0 Å². The van der Waals surface area contributed by atoms with Crippen molar-refractivity contribution in [2.45, 2.75) is 12.4 Å². The number of carbonyl (C=O) groups is 1. The summed E-state index contributed by atoms with van der Waals surface area (Å²) in [5, 5.41) is 0. The minimum Gasteiger partial charge on any atom is -0.449 e. The van der Waals surface area contributed by atoms with Crippen LogP contribution in [0, 0.1) is 0 Å². The average molecular weight is 188 g/mol. The Morgan fingerprint density at radius 2 is 2.33 bits per heavy atom. The van der Waals surface area contributed by atoms with Gasteiger partial charge < -0.3 is 9.64 Å². The molecule has 0 spiro atoms. The summed E-state index contributed by atoms with van der Waals surface area (Å²) in [5.41, 5.74) is -0.246. The third kappa shape index (κ3) is 1.66. The molecule has 1 rings (SSSR count). The van der Waals surface area contributed by atoms with E-state index in [0.29, 0.717) is 6.61 Å². The van der Waals surface area contributed by atoms with Gasteiger partial charge in [0.15, 0.2) is 5.50 Å².